The highest BCUT2D eigenvalue weighted by atomic mass is 16.5. The van der Waals surface area contributed by atoms with Crippen molar-refractivity contribution in [2.45, 2.75) is 13.0 Å². The van der Waals surface area contributed by atoms with E-state index in [-0.39, 0.29) is 13.0 Å². The van der Waals surface area contributed by atoms with Crippen LogP contribution in [0.25, 0.3) is 11.5 Å². The van der Waals surface area contributed by atoms with Gasteiger partial charge in [0.1, 0.15) is 23.8 Å². The molecule has 2 heterocycles. The zero-order valence-corrected chi connectivity index (χ0v) is 13.9. The topological polar surface area (TPSA) is 83.9 Å². The van der Waals surface area contributed by atoms with Gasteiger partial charge in [0, 0.05) is 17.7 Å². The molecule has 7 nitrogen and oxygen atoms in total. The van der Waals surface area contributed by atoms with Crippen LogP contribution in [0.1, 0.15) is 11.3 Å². The fourth-order valence-corrected chi connectivity index (χ4v) is 2.27. The van der Waals surface area contributed by atoms with Crippen molar-refractivity contribution in [3.8, 4) is 23.0 Å². The van der Waals surface area contributed by atoms with E-state index in [1.165, 1.54) is 7.11 Å². The lowest BCUT2D eigenvalue weighted by atomic mass is 10.1. The minimum Gasteiger partial charge on any atom is -0.497 e. The van der Waals surface area contributed by atoms with E-state index in [9.17, 15) is 4.79 Å². The Hall–Kier alpha value is -3.22. The van der Waals surface area contributed by atoms with Gasteiger partial charge in [-0.05, 0) is 18.2 Å². The van der Waals surface area contributed by atoms with Gasteiger partial charge in [-0.25, -0.2) is 0 Å². The molecule has 0 saturated carbocycles. The Bertz CT molecular complexity index is 837. The van der Waals surface area contributed by atoms with Gasteiger partial charge in [0.05, 0.1) is 26.9 Å². The molecule has 0 bridgehead atoms. The number of aromatic nitrogens is 1. The van der Waals surface area contributed by atoms with Crippen molar-refractivity contribution in [3.05, 3.63) is 53.9 Å². The lowest BCUT2D eigenvalue weighted by Crippen LogP contribution is -2.09. The van der Waals surface area contributed by atoms with Crippen molar-refractivity contribution in [1.29, 1.82) is 0 Å². The monoisotopic (exact) mass is 343 g/mol. The van der Waals surface area contributed by atoms with E-state index in [4.69, 9.17) is 23.2 Å². The van der Waals surface area contributed by atoms with E-state index in [1.54, 1.807) is 49.8 Å². The molecule has 0 amide bonds. The van der Waals surface area contributed by atoms with E-state index < -0.39 is 5.97 Å². The van der Waals surface area contributed by atoms with Crippen LogP contribution in [0.15, 0.2) is 51.6 Å². The molecule has 0 unspecified atom stereocenters. The standard InChI is InChI=1S/C18H17NO6/c1-21-14-6-5-12(16(10-14)22-2)8-18(20)24-11-13-9-17(25-19-13)15-4-3-7-23-15/h3-7,9-10H,8,11H2,1-2H3. The second-order valence-electron chi connectivity index (χ2n) is 5.18. The van der Waals surface area contributed by atoms with E-state index in [0.29, 0.717) is 34.3 Å². The average Bonchev–Trinajstić information content (AvgIpc) is 3.31. The summed E-state index contributed by atoms with van der Waals surface area (Å²) >= 11 is 0. The van der Waals surface area contributed by atoms with Crippen LogP contribution in [-0.2, 0) is 22.6 Å². The number of esters is 1. The molecule has 0 atom stereocenters. The average molecular weight is 343 g/mol. The first-order valence-electron chi connectivity index (χ1n) is 7.55. The summed E-state index contributed by atoms with van der Waals surface area (Å²) in [7, 11) is 3.10. The van der Waals surface area contributed by atoms with Crippen LogP contribution in [0.3, 0.4) is 0 Å². The third-order valence-corrected chi connectivity index (χ3v) is 3.53. The van der Waals surface area contributed by atoms with Crippen LogP contribution >= 0.6 is 0 Å². The molecule has 0 N–H and O–H groups in total. The number of carbonyl (C=O) groups excluding carboxylic acids is 1. The summed E-state index contributed by atoms with van der Waals surface area (Å²) in [6.07, 6.45) is 1.62. The Morgan fingerprint density at radius 2 is 2.00 bits per heavy atom. The van der Waals surface area contributed by atoms with Crippen LogP contribution < -0.4 is 9.47 Å². The molecule has 3 aromatic rings. The molecule has 7 heteroatoms. The summed E-state index contributed by atoms with van der Waals surface area (Å²) in [5.41, 5.74) is 1.21. The first-order chi connectivity index (χ1) is 12.2. The number of ether oxygens (including phenoxy) is 3. The number of rotatable bonds is 7. The lowest BCUT2D eigenvalue weighted by Gasteiger charge is -2.10. The smallest absolute Gasteiger partial charge is 0.310 e. The van der Waals surface area contributed by atoms with Gasteiger partial charge in [-0.15, -0.1) is 0 Å². The van der Waals surface area contributed by atoms with Gasteiger partial charge in [0.15, 0.2) is 5.76 Å². The molecule has 25 heavy (non-hydrogen) atoms. The van der Waals surface area contributed by atoms with Crippen molar-refractivity contribution >= 4 is 5.97 Å². The van der Waals surface area contributed by atoms with E-state index >= 15 is 0 Å². The minimum absolute atomic E-state index is 0.0154. The molecular formula is C18H17NO6. The fraction of sp³-hybridized carbons (Fsp3) is 0.222. The van der Waals surface area contributed by atoms with Gasteiger partial charge in [-0.1, -0.05) is 11.2 Å². The number of benzene rings is 1. The number of hydrogen-bond donors (Lipinski definition) is 0. The summed E-state index contributed by atoms with van der Waals surface area (Å²) in [5.74, 6) is 1.87. The predicted octanol–water partition coefficient (Wildman–Crippen LogP) is 3.24. The van der Waals surface area contributed by atoms with Gasteiger partial charge in [0.2, 0.25) is 5.76 Å². The summed E-state index contributed by atoms with van der Waals surface area (Å²) in [6.45, 7) is 0.0154. The molecule has 130 valence electrons. The maximum atomic E-state index is 12.1. The Kier molecular flexibility index (Phi) is 5.03. The Morgan fingerprint density at radius 1 is 1.12 bits per heavy atom. The predicted molar refractivity (Wildman–Crippen MR) is 87.3 cm³/mol. The third-order valence-electron chi connectivity index (χ3n) is 3.53. The molecule has 0 aliphatic rings. The molecule has 0 aliphatic heterocycles. The Balaban J connectivity index is 1.58. The molecule has 0 spiro atoms. The lowest BCUT2D eigenvalue weighted by molar-refractivity contribution is -0.144. The van der Waals surface area contributed by atoms with Crippen LogP contribution in [0.2, 0.25) is 0 Å². The largest absolute Gasteiger partial charge is 0.497 e. The van der Waals surface area contributed by atoms with Gasteiger partial charge in [-0.3, -0.25) is 4.79 Å². The van der Waals surface area contributed by atoms with Crippen LogP contribution in [0.5, 0.6) is 11.5 Å². The number of carbonyl (C=O) groups is 1. The van der Waals surface area contributed by atoms with Gasteiger partial charge in [-0.2, -0.15) is 0 Å². The van der Waals surface area contributed by atoms with Crippen molar-refractivity contribution in [1.82, 2.24) is 5.16 Å². The highest BCUT2D eigenvalue weighted by Gasteiger charge is 2.14. The molecule has 2 aromatic heterocycles. The third kappa shape index (κ3) is 4.00. The molecule has 0 radical (unpaired) electrons. The summed E-state index contributed by atoms with van der Waals surface area (Å²) in [5, 5.41) is 3.85. The van der Waals surface area contributed by atoms with Crippen molar-refractivity contribution in [2.75, 3.05) is 14.2 Å². The number of methoxy groups -OCH3 is 2. The second-order valence-corrected chi connectivity index (χ2v) is 5.18. The van der Waals surface area contributed by atoms with Crippen molar-refractivity contribution in [2.24, 2.45) is 0 Å². The molecule has 0 aliphatic carbocycles. The highest BCUT2D eigenvalue weighted by molar-refractivity contribution is 5.73. The van der Waals surface area contributed by atoms with Crippen molar-refractivity contribution < 1.29 is 27.9 Å². The summed E-state index contributed by atoms with van der Waals surface area (Å²) in [6, 6.07) is 10.4. The zero-order chi connectivity index (χ0) is 17.6. The maximum absolute atomic E-state index is 12.1. The van der Waals surface area contributed by atoms with Crippen LogP contribution in [-0.4, -0.2) is 25.3 Å². The van der Waals surface area contributed by atoms with Crippen LogP contribution in [0.4, 0.5) is 0 Å². The van der Waals surface area contributed by atoms with Gasteiger partial charge in [0.25, 0.3) is 0 Å². The first kappa shape index (κ1) is 16.6. The minimum atomic E-state index is -0.397. The quantitative estimate of drug-likeness (QED) is 0.609. The number of furan rings is 1. The Labute approximate surface area is 144 Å². The zero-order valence-electron chi connectivity index (χ0n) is 13.9. The molecule has 3 rings (SSSR count). The summed E-state index contributed by atoms with van der Waals surface area (Å²) < 4.78 is 26.0. The molecule has 1 aromatic carbocycles. The summed E-state index contributed by atoms with van der Waals surface area (Å²) in [4.78, 5) is 12.1. The first-order valence-corrected chi connectivity index (χ1v) is 7.55. The maximum Gasteiger partial charge on any atom is 0.310 e. The number of nitrogens with zero attached hydrogens (tertiary/aromatic N) is 1. The van der Waals surface area contributed by atoms with E-state index in [2.05, 4.69) is 5.16 Å². The second kappa shape index (κ2) is 7.57. The van der Waals surface area contributed by atoms with Gasteiger partial charge >= 0.3 is 5.97 Å². The normalized spacial score (nSPS) is 10.5. The van der Waals surface area contributed by atoms with Gasteiger partial charge < -0.3 is 23.2 Å². The Morgan fingerprint density at radius 3 is 2.72 bits per heavy atom. The van der Waals surface area contributed by atoms with Crippen LogP contribution in [0, 0.1) is 0 Å². The fourth-order valence-electron chi connectivity index (χ4n) is 2.27. The molecule has 0 saturated heterocycles. The van der Waals surface area contributed by atoms with E-state index in [1.807, 2.05) is 0 Å². The van der Waals surface area contributed by atoms with E-state index in [0.717, 1.165) is 0 Å². The molecule has 0 fully saturated rings. The molecular weight excluding hydrogens is 326 g/mol. The number of hydrogen-bond acceptors (Lipinski definition) is 7. The highest BCUT2D eigenvalue weighted by Crippen LogP contribution is 2.25. The van der Waals surface area contributed by atoms with Crippen molar-refractivity contribution in [3.63, 3.8) is 0 Å². The SMILES string of the molecule is COc1ccc(CC(=O)OCc2cc(-c3ccco3)on2)c(OC)c1.